The minimum absolute atomic E-state index is 0.0697. The fourth-order valence-corrected chi connectivity index (χ4v) is 3.39. The molecule has 24 heavy (non-hydrogen) atoms. The van der Waals surface area contributed by atoms with Crippen LogP contribution in [0.1, 0.15) is 23.4 Å². The molecule has 2 aromatic rings. The molecule has 6 nitrogen and oxygen atoms in total. The Hall–Kier alpha value is -2.47. The molecule has 0 bridgehead atoms. The van der Waals surface area contributed by atoms with Gasteiger partial charge in [0.25, 0.3) is 5.91 Å². The molecule has 0 unspecified atom stereocenters. The first kappa shape index (κ1) is 15.1. The summed E-state index contributed by atoms with van der Waals surface area (Å²) < 4.78 is 2.07. The van der Waals surface area contributed by atoms with Crippen LogP contribution in [-0.4, -0.2) is 50.7 Å². The van der Waals surface area contributed by atoms with Crippen molar-refractivity contribution in [3.8, 4) is 0 Å². The van der Waals surface area contributed by atoms with E-state index in [9.17, 15) is 4.79 Å². The summed E-state index contributed by atoms with van der Waals surface area (Å²) in [6.45, 7) is 2.71. The molecule has 1 aromatic heterocycles. The Morgan fingerprint density at radius 3 is 2.83 bits per heavy atom. The van der Waals surface area contributed by atoms with E-state index in [0.29, 0.717) is 13.1 Å². The van der Waals surface area contributed by atoms with E-state index in [-0.39, 0.29) is 5.91 Å². The number of hydrogen-bond donors (Lipinski definition) is 0. The van der Waals surface area contributed by atoms with Gasteiger partial charge in [-0.25, -0.2) is 9.99 Å². The second kappa shape index (κ2) is 6.20. The lowest BCUT2D eigenvalue weighted by atomic mass is 10.1. The van der Waals surface area contributed by atoms with Crippen LogP contribution in [0.4, 0.5) is 0 Å². The van der Waals surface area contributed by atoms with Crippen molar-refractivity contribution in [1.82, 2.24) is 19.5 Å². The van der Waals surface area contributed by atoms with Crippen LogP contribution in [-0.2, 0) is 24.8 Å². The number of amides is 1. The van der Waals surface area contributed by atoms with Gasteiger partial charge in [0.15, 0.2) is 0 Å². The molecule has 0 N–H and O–H groups in total. The molecule has 1 aromatic carbocycles. The highest BCUT2D eigenvalue weighted by atomic mass is 16.2. The predicted molar refractivity (Wildman–Crippen MR) is 91.5 cm³/mol. The topological polar surface area (TPSA) is 53.7 Å². The Morgan fingerprint density at radius 1 is 1.17 bits per heavy atom. The maximum absolute atomic E-state index is 12.6. The zero-order valence-corrected chi connectivity index (χ0v) is 13.9. The van der Waals surface area contributed by atoms with Gasteiger partial charge < -0.3 is 4.57 Å². The number of benzene rings is 1. The van der Waals surface area contributed by atoms with Crippen LogP contribution >= 0.6 is 0 Å². The minimum atomic E-state index is 0.0697. The zero-order valence-electron chi connectivity index (χ0n) is 13.9. The van der Waals surface area contributed by atoms with Gasteiger partial charge in [-0.05, 0) is 5.56 Å². The van der Waals surface area contributed by atoms with E-state index in [0.717, 1.165) is 42.9 Å². The molecule has 0 fully saturated rings. The minimum Gasteiger partial charge on any atom is -0.337 e. The molecule has 0 saturated carbocycles. The largest absolute Gasteiger partial charge is 0.337 e. The summed E-state index contributed by atoms with van der Waals surface area (Å²) >= 11 is 0. The van der Waals surface area contributed by atoms with Gasteiger partial charge in [0.2, 0.25) is 0 Å². The molecule has 2 aliphatic rings. The smallest absolute Gasteiger partial charge is 0.256 e. The van der Waals surface area contributed by atoms with E-state index in [1.807, 2.05) is 43.7 Å². The van der Waals surface area contributed by atoms with Crippen LogP contribution in [0.2, 0.25) is 0 Å². The van der Waals surface area contributed by atoms with Crippen molar-refractivity contribution in [2.45, 2.75) is 19.4 Å². The molecule has 124 valence electrons. The van der Waals surface area contributed by atoms with Crippen molar-refractivity contribution in [2.24, 2.45) is 12.1 Å². The number of nitrogens with zero attached hydrogens (tertiary/aromatic N) is 5. The third-order valence-electron chi connectivity index (χ3n) is 4.74. The standard InChI is InChI=1S/C18H21N5O/c1-21-13-19-16-11-22(9-8-17(16)21)12-18(24)23-10-7-15(20-23)14-5-3-2-4-6-14/h2-6,13H,7-12H2,1H3. The number of aryl methyl sites for hydroxylation is 1. The van der Waals surface area contributed by atoms with Crippen molar-refractivity contribution in [3.63, 3.8) is 0 Å². The molecule has 0 saturated heterocycles. The molecular formula is C18H21N5O. The van der Waals surface area contributed by atoms with Crippen molar-refractivity contribution < 1.29 is 4.79 Å². The quantitative estimate of drug-likeness (QED) is 0.858. The Kier molecular flexibility index (Phi) is 3.90. The molecule has 0 radical (unpaired) electrons. The first-order valence-electron chi connectivity index (χ1n) is 8.35. The van der Waals surface area contributed by atoms with Gasteiger partial charge in [0.05, 0.1) is 30.8 Å². The third kappa shape index (κ3) is 2.85. The average molecular weight is 323 g/mol. The molecule has 2 aliphatic heterocycles. The van der Waals surface area contributed by atoms with Crippen LogP contribution in [0.15, 0.2) is 41.8 Å². The summed E-state index contributed by atoms with van der Waals surface area (Å²) in [5.41, 5.74) is 4.47. The highest BCUT2D eigenvalue weighted by molar-refractivity contribution is 6.02. The number of carbonyl (C=O) groups excluding carboxylic acids is 1. The predicted octanol–water partition coefficient (Wildman–Crippen LogP) is 1.41. The number of imidazole rings is 1. The van der Waals surface area contributed by atoms with Gasteiger partial charge in [-0.2, -0.15) is 5.10 Å². The van der Waals surface area contributed by atoms with Gasteiger partial charge in [0.1, 0.15) is 0 Å². The maximum atomic E-state index is 12.6. The number of carbonyl (C=O) groups is 1. The SMILES string of the molecule is Cn1cnc2c1CCN(CC(=O)N1CCC(c3ccccc3)=N1)C2. The molecule has 4 rings (SSSR count). The van der Waals surface area contributed by atoms with Crippen LogP contribution < -0.4 is 0 Å². The normalized spacial score (nSPS) is 17.7. The molecule has 0 spiro atoms. The van der Waals surface area contributed by atoms with Crippen molar-refractivity contribution in [3.05, 3.63) is 53.6 Å². The lowest BCUT2D eigenvalue weighted by Gasteiger charge is -2.27. The number of rotatable bonds is 3. The Labute approximate surface area is 141 Å². The number of hydrazone groups is 1. The molecule has 0 aliphatic carbocycles. The Morgan fingerprint density at radius 2 is 2.00 bits per heavy atom. The third-order valence-corrected chi connectivity index (χ3v) is 4.74. The molecule has 0 atom stereocenters. The fourth-order valence-electron chi connectivity index (χ4n) is 3.39. The summed E-state index contributed by atoms with van der Waals surface area (Å²) in [7, 11) is 2.02. The van der Waals surface area contributed by atoms with Crippen LogP contribution in [0.3, 0.4) is 0 Å². The summed E-state index contributed by atoms with van der Waals surface area (Å²) in [4.78, 5) is 19.2. The second-order valence-corrected chi connectivity index (χ2v) is 6.39. The average Bonchev–Trinajstić information content (AvgIpc) is 3.23. The lowest BCUT2D eigenvalue weighted by Crippen LogP contribution is -2.40. The molecular weight excluding hydrogens is 302 g/mol. The van der Waals surface area contributed by atoms with Gasteiger partial charge in [-0.3, -0.25) is 9.69 Å². The highest BCUT2D eigenvalue weighted by Gasteiger charge is 2.26. The van der Waals surface area contributed by atoms with Gasteiger partial charge >= 0.3 is 0 Å². The van der Waals surface area contributed by atoms with Gasteiger partial charge in [-0.15, -0.1) is 0 Å². The fraction of sp³-hybridized carbons (Fsp3) is 0.389. The molecule has 6 heteroatoms. The molecule has 1 amide bonds. The first-order valence-corrected chi connectivity index (χ1v) is 8.35. The number of fused-ring (bicyclic) bond motifs is 1. The Bertz CT molecular complexity index is 780. The summed E-state index contributed by atoms with van der Waals surface area (Å²) in [5, 5.41) is 6.15. The van der Waals surface area contributed by atoms with E-state index in [1.54, 1.807) is 5.01 Å². The van der Waals surface area contributed by atoms with Crippen molar-refractivity contribution in [2.75, 3.05) is 19.6 Å². The molecule has 3 heterocycles. The number of aromatic nitrogens is 2. The van der Waals surface area contributed by atoms with Gasteiger partial charge in [0, 0.05) is 38.7 Å². The summed E-state index contributed by atoms with van der Waals surface area (Å²) in [6, 6.07) is 10.1. The number of hydrogen-bond acceptors (Lipinski definition) is 4. The van der Waals surface area contributed by atoms with Crippen LogP contribution in [0.25, 0.3) is 0 Å². The van der Waals surface area contributed by atoms with E-state index in [2.05, 4.69) is 19.6 Å². The van der Waals surface area contributed by atoms with Crippen LogP contribution in [0.5, 0.6) is 0 Å². The van der Waals surface area contributed by atoms with Crippen molar-refractivity contribution in [1.29, 1.82) is 0 Å². The lowest BCUT2D eigenvalue weighted by molar-refractivity contribution is -0.132. The van der Waals surface area contributed by atoms with E-state index < -0.39 is 0 Å². The monoisotopic (exact) mass is 323 g/mol. The second-order valence-electron chi connectivity index (χ2n) is 6.39. The highest BCUT2D eigenvalue weighted by Crippen LogP contribution is 2.18. The van der Waals surface area contributed by atoms with E-state index >= 15 is 0 Å². The van der Waals surface area contributed by atoms with E-state index in [4.69, 9.17) is 0 Å². The Balaban J connectivity index is 1.40. The van der Waals surface area contributed by atoms with Gasteiger partial charge in [-0.1, -0.05) is 30.3 Å². The maximum Gasteiger partial charge on any atom is 0.256 e. The summed E-state index contributed by atoms with van der Waals surface area (Å²) in [6.07, 6.45) is 3.62. The summed E-state index contributed by atoms with van der Waals surface area (Å²) in [5.74, 6) is 0.0697. The van der Waals surface area contributed by atoms with Crippen molar-refractivity contribution >= 4 is 11.6 Å². The zero-order chi connectivity index (χ0) is 16.5. The van der Waals surface area contributed by atoms with E-state index in [1.165, 1.54) is 5.69 Å². The van der Waals surface area contributed by atoms with Crippen LogP contribution in [0, 0.1) is 0 Å². The first-order chi connectivity index (χ1) is 11.7.